The second-order valence-electron chi connectivity index (χ2n) is 16.1. The van der Waals surface area contributed by atoms with E-state index in [1.807, 2.05) is 0 Å². The molecule has 2 aliphatic heterocycles. The normalized spacial score (nSPS) is 53.4. The number of carbonyl (C=O) groups is 1. The zero-order chi connectivity index (χ0) is 27.0. The van der Waals surface area contributed by atoms with E-state index in [4.69, 9.17) is 9.47 Å². The van der Waals surface area contributed by atoms with Crippen LogP contribution in [0.1, 0.15) is 124 Å². The van der Waals surface area contributed by atoms with E-state index in [1.54, 1.807) is 0 Å². The Balaban J connectivity index is 1.00. The Bertz CT molecular complexity index is 925. The Morgan fingerprint density at radius 2 is 1.54 bits per heavy atom. The highest BCUT2D eigenvalue weighted by Crippen LogP contribution is 2.71. The van der Waals surface area contributed by atoms with E-state index in [9.17, 15) is 4.79 Å². The molecule has 5 aliphatic carbocycles. The number of ether oxygens (including phenoxy) is 2. The van der Waals surface area contributed by atoms with Crippen molar-refractivity contribution in [1.29, 1.82) is 0 Å². The second-order valence-corrected chi connectivity index (χ2v) is 16.1. The maximum atomic E-state index is 12.8. The van der Waals surface area contributed by atoms with Crippen LogP contribution < -0.4 is 10.6 Å². The lowest BCUT2D eigenvalue weighted by atomic mass is 9.44. The maximum Gasteiger partial charge on any atom is 0.315 e. The zero-order valence-corrected chi connectivity index (χ0v) is 25.3. The molecule has 0 aromatic carbocycles. The molecule has 7 aliphatic rings. The molecule has 7 fully saturated rings. The predicted octanol–water partition coefficient (Wildman–Crippen LogP) is 7.43. The minimum atomic E-state index is -0.301. The summed E-state index contributed by atoms with van der Waals surface area (Å²) in [6.45, 7) is 11.0. The van der Waals surface area contributed by atoms with Crippen molar-refractivity contribution < 1.29 is 14.3 Å². The second kappa shape index (κ2) is 9.89. The average Bonchev–Trinajstić information content (AvgIpc) is 3.36. The van der Waals surface area contributed by atoms with E-state index in [2.05, 4.69) is 38.3 Å². The lowest BCUT2D eigenvalue weighted by Gasteiger charge is -2.61. The van der Waals surface area contributed by atoms with Crippen molar-refractivity contribution in [1.82, 2.24) is 10.6 Å². The van der Waals surface area contributed by atoms with Gasteiger partial charge in [-0.25, -0.2) is 4.79 Å². The van der Waals surface area contributed by atoms with E-state index in [1.165, 1.54) is 70.6 Å². The predicted molar refractivity (Wildman–Crippen MR) is 154 cm³/mol. The number of fused-ring (bicyclic) bond motifs is 7. The maximum absolute atomic E-state index is 12.8. The first-order chi connectivity index (χ1) is 18.7. The molecule has 1 spiro atoms. The van der Waals surface area contributed by atoms with Crippen LogP contribution in [-0.2, 0) is 9.47 Å². The summed E-state index contributed by atoms with van der Waals surface area (Å²) in [5.74, 6) is 4.80. The molecule has 0 bridgehead atoms. The minimum Gasteiger partial charge on any atom is -0.349 e. The Morgan fingerprint density at radius 1 is 0.769 bits per heavy atom. The largest absolute Gasteiger partial charge is 0.349 e. The summed E-state index contributed by atoms with van der Waals surface area (Å²) in [6, 6.07) is 0.838. The molecule has 7 rings (SSSR count). The Morgan fingerprint density at radius 3 is 2.31 bits per heavy atom. The number of rotatable bonds is 2. The van der Waals surface area contributed by atoms with Crippen LogP contribution in [-0.4, -0.2) is 36.6 Å². The minimum absolute atomic E-state index is 0.0958. The quantitative estimate of drug-likeness (QED) is 0.383. The topological polar surface area (TPSA) is 59.6 Å². The van der Waals surface area contributed by atoms with Gasteiger partial charge in [0, 0.05) is 24.4 Å². The highest BCUT2D eigenvalue weighted by atomic mass is 16.7. The molecular formula is C34H56N2O3. The van der Waals surface area contributed by atoms with Gasteiger partial charge in [0.2, 0.25) is 0 Å². The summed E-state index contributed by atoms with van der Waals surface area (Å²) in [4.78, 5) is 12.8. The van der Waals surface area contributed by atoms with Gasteiger partial charge in [-0.3, -0.25) is 0 Å². The molecule has 5 saturated carbocycles. The van der Waals surface area contributed by atoms with Gasteiger partial charge in [-0.1, -0.05) is 47.0 Å². The number of urea groups is 1. The summed E-state index contributed by atoms with van der Waals surface area (Å²) < 4.78 is 13.5. The fourth-order valence-corrected chi connectivity index (χ4v) is 12.1. The highest BCUT2D eigenvalue weighted by molar-refractivity contribution is 5.74. The summed E-state index contributed by atoms with van der Waals surface area (Å²) in [6.07, 6.45) is 19.3. The SMILES string of the molecule is C[C@H]1CC[C@@]2(OC1)O[C@H]1C[C@H]3[C@@H]4CC[C@@H]5CC(NC(=O)NC6CCCCC6)CC[C@]5(C)[C@H]4CC[C@]3(C)[C@H]1[C@@H]2C. The van der Waals surface area contributed by atoms with Crippen molar-refractivity contribution in [3.8, 4) is 0 Å². The lowest BCUT2D eigenvalue weighted by molar-refractivity contribution is -0.273. The van der Waals surface area contributed by atoms with Gasteiger partial charge in [-0.15, -0.1) is 0 Å². The molecule has 0 aromatic rings. The van der Waals surface area contributed by atoms with E-state index < -0.39 is 0 Å². The van der Waals surface area contributed by atoms with Crippen LogP contribution in [0.3, 0.4) is 0 Å². The third-order valence-electron chi connectivity index (χ3n) is 14.2. The van der Waals surface area contributed by atoms with Crippen molar-refractivity contribution >= 4 is 6.03 Å². The van der Waals surface area contributed by atoms with Gasteiger partial charge in [-0.2, -0.15) is 0 Å². The van der Waals surface area contributed by atoms with Gasteiger partial charge in [0.1, 0.15) is 0 Å². The molecule has 2 heterocycles. The molecule has 39 heavy (non-hydrogen) atoms. The number of carbonyl (C=O) groups excluding carboxylic acids is 1. The van der Waals surface area contributed by atoms with Crippen LogP contribution in [0, 0.1) is 52.3 Å². The van der Waals surface area contributed by atoms with Gasteiger partial charge in [0.15, 0.2) is 5.79 Å². The number of nitrogens with one attached hydrogen (secondary N) is 2. The number of hydrogen-bond acceptors (Lipinski definition) is 3. The molecule has 12 atom stereocenters. The molecule has 2 amide bonds. The molecule has 1 unspecified atom stereocenters. The first kappa shape index (κ1) is 27.0. The molecule has 220 valence electrons. The molecule has 2 saturated heterocycles. The number of amides is 2. The standard InChI is InChI=1S/C34H56N2O3/c1-21-12-17-34(38-20-21)22(2)30-29(39-34)19-28-26-11-10-23-18-25(36-31(37)35-24-8-6-5-7-9-24)13-15-32(23,3)27(26)14-16-33(28,30)4/h21-30H,5-20H2,1-4H3,(H2,35,36,37)/t21-,22-,23+,25?,26+,27-,28-,29-,30-,32-,33-,34+/m0/s1. The van der Waals surface area contributed by atoms with Crippen molar-refractivity contribution in [2.45, 2.75) is 148 Å². The lowest BCUT2D eigenvalue weighted by Crippen LogP contribution is -2.57. The third-order valence-corrected chi connectivity index (χ3v) is 14.2. The fraction of sp³-hybridized carbons (Fsp3) is 0.971. The summed E-state index contributed by atoms with van der Waals surface area (Å²) >= 11 is 0. The van der Waals surface area contributed by atoms with Crippen LogP contribution in [0.2, 0.25) is 0 Å². The van der Waals surface area contributed by atoms with Crippen LogP contribution in [0.15, 0.2) is 0 Å². The Kier molecular flexibility index (Phi) is 6.86. The molecule has 2 N–H and O–H groups in total. The first-order valence-electron chi connectivity index (χ1n) is 17.1. The molecule has 0 radical (unpaired) electrons. The smallest absolute Gasteiger partial charge is 0.315 e. The Labute approximate surface area is 237 Å². The third kappa shape index (κ3) is 4.33. The van der Waals surface area contributed by atoms with E-state index >= 15 is 0 Å². The van der Waals surface area contributed by atoms with E-state index in [0.29, 0.717) is 46.8 Å². The number of hydrogen-bond donors (Lipinski definition) is 2. The van der Waals surface area contributed by atoms with Crippen LogP contribution in [0.4, 0.5) is 4.79 Å². The molecule has 5 nitrogen and oxygen atoms in total. The highest BCUT2D eigenvalue weighted by Gasteiger charge is 2.69. The van der Waals surface area contributed by atoms with Crippen LogP contribution in [0.5, 0.6) is 0 Å². The van der Waals surface area contributed by atoms with Gasteiger partial charge in [0.05, 0.1) is 12.7 Å². The van der Waals surface area contributed by atoms with Gasteiger partial charge in [0.25, 0.3) is 0 Å². The van der Waals surface area contributed by atoms with E-state index in [0.717, 1.165) is 56.0 Å². The van der Waals surface area contributed by atoms with Crippen LogP contribution >= 0.6 is 0 Å². The van der Waals surface area contributed by atoms with Gasteiger partial charge in [-0.05, 0) is 117 Å². The van der Waals surface area contributed by atoms with Crippen molar-refractivity contribution in [3.63, 3.8) is 0 Å². The summed E-state index contributed by atoms with van der Waals surface area (Å²) in [7, 11) is 0. The van der Waals surface area contributed by atoms with Crippen molar-refractivity contribution in [3.05, 3.63) is 0 Å². The van der Waals surface area contributed by atoms with Gasteiger partial charge < -0.3 is 20.1 Å². The zero-order valence-electron chi connectivity index (χ0n) is 25.3. The van der Waals surface area contributed by atoms with Crippen molar-refractivity contribution in [2.24, 2.45) is 52.3 Å². The Hall–Kier alpha value is -0.810. The average molecular weight is 541 g/mol. The fourth-order valence-electron chi connectivity index (χ4n) is 12.1. The van der Waals surface area contributed by atoms with Gasteiger partial charge >= 0.3 is 6.03 Å². The molecular weight excluding hydrogens is 484 g/mol. The monoisotopic (exact) mass is 540 g/mol. The molecule has 0 aromatic heterocycles. The molecule has 5 heteroatoms. The van der Waals surface area contributed by atoms with Crippen molar-refractivity contribution in [2.75, 3.05) is 6.61 Å². The van der Waals surface area contributed by atoms with E-state index in [-0.39, 0.29) is 11.8 Å². The first-order valence-corrected chi connectivity index (χ1v) is 17.1. The summed E-state index contributed by atoms with van der Waals surface area (Å²) in [5, 5.41) is 6.71. The van der Waals surface area contributed by atoms with Crippen LogP contribution in [0.25, 0.3) is 0 Å². The summed E-state index contributed by atoms with van der Waals surface area (Å²) in [5.41, 5.74) is 0.844.